The highest BCUT2D eigenvalue weighted by molar-refractivity contribution is 5.89. The summed E-state index contributed by atoms with van der Waals surface area (Å²) >= 11 is 0. The normalized spacial score (nSPS) is 20.4. The van der Waals surface area contributed by atoms with Crippen molar-refractivity contribution < 1.29 is 4.79 Å². The van der Waals surface area contributed by atoms with Gasteiger partial charge in [-0.3, -0.25) is 4.90 Å². The second-order valence-corrected chi connectivity index (χ2v) is 9.07. The molecule has 156 valence electrons. The Morgan fingerprint density at radius 2 is 1.97 bits per heavy atom. The van der Waals surface area contributed by atoms with Crippen molar-refractivity contribution in [2.24, 2.45) is 5.92 Å². The molecule has 1 aromatic heterocycles. The Bertz CT molecular complexity index is 841. The zero-order valence-corrected chi connectivity index (χ0v) is 17.6. The van der Waals surface area contributed by atoms with E-state index in [0.29, 0.717) is 12.6 Å². The Balaban J connectivity index is 1.31. The highest BCUT2D eigenvalue weighted by atomic mass is 16.2. The topological polar surface area (TPSA) is 88.0 Å². The first-order chi connectivity index (χ1) is 13.9. The fourth-order valence-corrected chi connectivity index (χ4v) is 3.97. The smallest absolute Gasteiger partial charge is 0.319 e. The molecule has 0 radical (unpaired) electrons. The average Bonchev–Trinajstić information content (AvgIpc) is 3.44. The number of hydrogen-bond donors (Lipinski definition) is 2. The number of likely N-dealkylation sites (tertiary alicyclic amines) is 1. The molecule has 2 N–H and O–H groups in total. The van der Waals surface area contributed by atoms with E-state index in [-0.39, 0.29) is 11.6 Å². The third kappa shape index (κ3) is 4.75. The Labute approximate surface area is 172 Å². The third-order valence-corrected chi connectivity index (χ3v) is 5.98. The lowest BCUT2D eigenvalue weighted by Crippen LogP contribution is -2.55. The number of aromatic nitrogens is 4. The van der Waals surface area contributed by atoms with Crippen LogP contribution in [0.25, 0.3) is 11.4 Å². The molecule has 8 nitrogen and oxygen atoms in total. The van der Waals surface area contributed by atoms with E-state index in [1.807, 2.05) is 28.9 Å². The fraction of sp³-hybridized carbons (Fsp3) is 0.619. The second kappa shape index (κ2) is 8.10. The zero-order valence-electron chi connectivity index (χ0n) is 17.6. The van der Waals surface area contributed by atoms with Crippen molar-refractivity contribution >= 4 is 11.7 Å². The minimum Gasteiger partial charge on any atom is -0.336 e. The van der Waals surface area contributed by atoms with E-state index >= 15 is 0 Å². The molecular formula is C21H31N7O. The molecule has 0 bridgehead atoms. The zero-order chi connectivity index (χ0) is 20.4. The van der Waals surface area contributed by atoms with Crippen LogP contribution in [0.5, 0.6) is 0 Å². The first-order valence-corrected chi connectivity index (χ1v) is 10.6. The van der Waals surface area contributed by atoms with Crippen molar-refractivity contribution in [2.45, 2.75) is 58.0 Å². The quantitative estimate of drug-likeness (QED) is 0.781. The maximum absolute atomic E-state index is 12.4. The van der Waals surface area contributed by atoms with Crippen LogP contribution in [0.4, 0.5) is 10.5 Å². The van der Waals surface area contributed by atoms with Gasteiger partial charge in [-0.2, -0.15) is 0 Å². The fourth-order valence-electron chi connectivity index (χ4n) is 3.97. The number of piperidine rings is 1. The summed E-state index contributed by atoms with van der Waals surface area (Å²) in [5.74, 6) is 1.50. The number of tetrazole rings is 1. The lowest BCUT2D eigenvalue weighted by molar-refractivity contribution is 0.0728. The number of hydrogen-bond acceptors (Lipinski definition) is 5. The van der Waals surface area contributed by atoms with Gasteiger partial charge in [-0.15, -0.1) is 5.10 Å². The van der Waals surface area contributed by atoms with E-state index in [1.165, 1.54) is 12.8 Å². The molecule has 2 aliphatic rings. The number of rotatable bonds is 6. The molecule has 1 saturated heterocycles. The molecule has 1 atom stereocenters. The molecule has 4 rings (SSSR count). The molecule has 1 saturated carbocycles. The maximum atomic E-state index is 12.4. The van der Waals surface area contributed by atoms with Gasteiger partial charge in [0, 0.05) is 29.9 Å². The Morgan fingerprint density at radius 1 is 1.21 bits per heavy atom. The average molecular weight is 398 g/mol. The van der Waals surface area contributed by atoms with Crippen LogP contribution in [-0.2, 0) is 0 Å². The van der Waals surface area contributed by atoms with E-state index in [4.69, 9.17) is 0 Å². The second-order valence-electron chi connectivity index (χ2n) is 9.07. The van der Waals surface area contributed by atoms with E-state index in [2.05, 4.69) is 51.8 Å². The summed E-state index contributed by atoms with van der Waals surface area (Å²) in [6.07, 6.45) is 4.78. The highest BCUT2D eigenvalue weighted by Crippen LogP contribution is 2.36. The van der Waals surface area contributed by atoms with Crippen molar-refractivity contribution in [3.05, 3.63) is 24.3 Å². The Morgan fingerprint density at radius 3 is 2.66 bits per heavy atom. The standard InChI is InChI=1S/C21H31N7O/c1-15-5-4-12-27(13-15)21(2,3)14-22-20(29)23-17-8-6-16(7-9-17)19-24-25-26-28(19)18-10-11-18/h6-9,15,18H,4-5,10-14H2,1-3H3,(H2,22,23,29)/t15-/m1/s1. The van der Waals surface area contributed by atoms with Crippen LogP contribution in [0, 0.1) is 5.92 Å². The van der Waals surface area contributed by atoms with Crippen LogP contribution in [0.15, 0.2) is 24.3 Å². The van der Waals surface area contributed by atoms with Crippen LogP contribution in [0.2, 0.25) is 0 Å². The molecule has 2 amide bonds. The largest absolute Gasteiger partial charge is 0.336 e. The van der Waals surface area contributed by atoms with E-state index < -0.39 is 0 Å². The summed E-state index contributed by atoms with van der Waals surface area (Å²) in [4.78, 5) is 14.9. The molecule has 2 heterocycles. The van der Waals surface area contributed by atoms with Gasteiger partial charge in [0.05, 0.1) is 6.04 Å². The van der Waals surface area contributed by atoms with Crippen LogP contribution >= 0.6 is 0 Å². The van der Waals surface area contributed by atoms with Gasteiger partial charge in [0.25, 0.3) is 0 Å². The minimum atomic E-state index is -0.182. The summed E-state index contributed by atoms with van der Waals surface area (Å²) in [6.45, 7) is 9.50. The first-order valence-electron chi connectivity index (χ1n) is 10.6. The number of benzene rings is 1. The minimum absolute atomic E-state index is 0.0598. The Hall–Kier alpha value is -2.48. The van der Waals surface area contributed by atoms with Crippen molar-refractivity contribution in [2.75, 3.05) is 25.0 Å². The van der Waals surface area contributed by atoms with Gasteiger partial charge in [0.2, 0.25) is 0 Å². The monoisotopic (exact) mass is 397 g/mol. The number of amides is 2. The van der Waals surface area contributed by atoms with Gasteiger partial charge in [0.15, 0.2) is 5.82 Å². The van der Waals surface area contributed by atoms with Crippen molar-refractivity contribution in [1.82, 2.24) is 30.4 Å². The first kappa shape index (κ1) is 19.8. The van der Waals surface area contributed by atoms with E-state index in [1.54, 1.807) is 0 Å². The summed E-state index contributed by atoms with van der Waals surface area (Å²) in [5.41, 5.74) is 1.64. The van der Waals surface area contributed by atoms with Gasteiger partial charge in [-0.05, 0) is 86.7 Å². The number of nitrogens with one attached hydrogen (secondary N) is 2. The molecule has 1 aliphatic carbocycles. The molecule has 0 unspecified atom stereocenters. The Kier molecular flexibility index (Phi) is 5.54. The van der Waals surface area contributed by atoms with Gasteiger partial charge in [-0.25, -0.2) is 9.48 Å². The third-order valence-electron chi connectivity index (χ3n) is 5.98. The summed E-state index contributed by atoms with van der Waals surface area (Å²) in [7, 11) is 0. The number of carbonyl (C=O) groups excluding carboxylic acids is 1. The van der Waals surface area contributed by atoms with E-state index in [0.717, 1.165) is 48.9 Å². The summed E-state index contributed by atoms with van der Waals surface area (Å²) < 4.78 is 1.89. The van der Waals surface area contributed by atoms with Gasteiger partial charge >= 0.3 is 6.03 Å². The van der Waals surface area contributed by atoms with Crippen molar-refractivity contribution in [3.63, 3.8) is 0 Å². The van der Waals surface area contributed by atoms with Crippen molar-refractivity contribution in [3.8, 4) is 11.4 Å². The van der Waals surface area contributed by atoms with Crippen LogP contribution in [-0.4, -0.2) is 56.3 Å². The summed E-state index contributed by atoms with van der Waals surface area (Å²) in [6, 6.07) is 7.91. The van der Waals surface area contributed by atoms with Crippen molar-refractivity contribution in [1.29, 1.82) is 0 Å². The lowest BCUT2D eigenvalue weighted by atomic mass is 9.93. The molecule has 29 heavy (non-hydrogen) atoms. The molecule has 0 spiro atoms. The van der Waals surface area contributed by atoms with Gasteiger partial charge < -0.3 is 10.6 Å². The number of anilines is 1. The number of carbonyl (C=O) groups is 1. The number of nitrogens with zero attached hydrogens (tertiary/aromatic N) is 5. The van der Waals surface area contributed by atoms with Gasteiger partial charge in [0.1, 0.15) is 0 Å². The number of urea groups is 1. The SMILES string of the molecule is C[C@@H]1CCCN(C(C)(C)CNC(=O)Nc2ccc(-c3nnnn3C3CC3)cc2)C1. The predicted molar refractivity (Wildman–Crippen MR) is 113 cm³/mol. The molecular weight excluding hydrogens is 366 g/mol. The summed E-state index contributed by atoms with van der Waals surface area (Å²) in [5, 5.41) is 18.0. The van der Waals surface area contributed by atoms with Gasteiger partial charge in [-0.1, -0.05) is 6.92 Å². The molecule has 1 aliphatic heterocycles. The van der Waals surface area contributed by atoms with Crippen LogP contribution in [0.3, 0.4) is 0 Å². The van der Waals surface area contributed by atoms with E-state index in [9.17, 15) is 4.79 Å². The predicted octanol–water partition coefficient (Wildman–Crippen LogP) is 3.31. The molecule has 1 aromatic carbocycles. The molecule has 2 aromatic rings. The van der Waals surface area contributed by atoms with Crippen LogP contribution in [0.1, 0.15) is 52.5 Å². The lowest BCUT2D eigenvalue weighted by Gasteiger charge is -2.43. The molecule has 2 fully saturated rings. The molecule has 8 heteroatoms. The highest BCUT2D eigenvalue weighted by Gasteiger charge is 2.30. The maximum Gasteiger partial charge on any atom is 0.319 e. The van der Waals surface area contributed by atoms with Crippen LogP contribution < -0.4 is 10.6 Å².